The summed E-state index contributed by atoms with van der Waals surface area (Å²) >= 11 is 0. The number of urea groups is 1. The Kier molecular flexibility index (Phi) is 4.23. The van der Waals surface area contributed by atoms with Crippen LogP contribution in [0.25, 0.3) is 0 Å². The number of nitrogens with one attached hydrogen (secondary N) is 2. The average Bonchev–Trinajstić information content (AvgIpc) is 3.08. The van der Waals surface area contributed by atoms with E-state index in [1.807, 2.05) is 4.90 Å². The number of piperidine rings is 1. The molecule has 0 saturated carbocycles. The third-order valence-corrected chi connectivity index (χ3v) is 4.83. The van der Waals surface area contributed by atoms with Gasteiger partial charge in [-0.05, 0) is 38.8 Å². The molecule has 0 aromatic carbocycles. The number of hydrogen-bond acceptors (Lipinski definition) is 3. The van der Waals surface area contributed by atoms with Crippen molar-refractivity contribution in [1.82, 2.24) is 20.4 Å². The molecule has 3 aliphatic rings. The molecule has 3 saturated heterocycles. The largest absolute Gasteiger partial charge is 0.336 e. The van der Waals surface area contributed by atoms with Crippen molar-refractivity contribution in [3.8, 4) is 0 Å². The number of nitrogens with zero attached hydrogens (tertiary/aromatic N) is 2. The van der Waals surface area contributed by atoms with E-state index < -0.39 is 0 Å². The second-order valence-electron chi connectivity index (χ2n) is 6.02. The molecule has 2 unspecified atom stereocenters. The molecule has 2 N–H and O–H groups in total. The summed E-state index contributed by atoms with van der Waals surface area (Å²) < 4.78 is 0. The molecule has 0 aliphatic carbocycles. The van der Waals surface area contributed by atoms with Gasteiger partial charge >= 0.3 is 6.03 Å². The van der Waals surface area contributed by atoms with Crippen LogP contribution < -0.4 is 10.6 Å². The lowest BCUT2D eigenvalue weighted by molar-refractivity contribution is 0.110. The van der Waals surface area contributed by atoms with Gasteiger partial charge in [-0.25, -0.2) is 4.79 Å². The first kappa shape index (κ1) is 13.2. The minimum absolute atomic E-state index is 0.118. The molecule has 0 bridgehead atoms. The Hall–Kier alpha value is -0.810. The van der Waals surface area contributed by atoms with Crippen LogP contribution in [0.5, 0.6) is 0 Å². The van der Waals surface area contributed by atoms with Crippen LogP contribution in [-0.4, -0.2) is 67.2 Å². The molecule has 108 valence electrons. The molecule has 3 fully saturated rings. The van der Waals surface area contributed by atoms with Gasteiger partial charge in [0.15, 0.2) is 0 Å². The first-order valence-corrected chi connectivity index (χ1v) is 7.85. The number of amides is 2. The standard InChI is InChI=1S/C14H26N4O/c19-14-16-7-9-18(14)11-10-17-8-2-1-5-13(17)12-4-3-6-15-12/h12-13,15H,1-11H2,(H,16,19). The predicted molar refractivity (Wildman–Crippen MR) is 75.2 cm³/mol. The number of carbonyl (C=O) groups excluding carboxylic acids is 1. The van der Waals surface area contributed by atoms with Gasteiger partial charge in [-0.1, -0.05) is 6.42 Å². The van der Waals surface area contributed by atoms with E-state index in [0.717, 1.165) is 26.2 Å². The Bertz CT molecular complexity index is 317. The lowest BCUT2D eigenvalue weighted by atomic mass is 9.94. The number of carbonyl (C=O) groups is 1. The van der Waals surface area contributed by atoms with Crippen molar-refractivity contribution >= 4 is 6.03 Å². The van der Waals surface area contributed by atoms with E-state index in [4.69, 9.17) is 0 Å². The minimum atomic E-state index is 0.118. The van der Waals surface area contributed by atoms with E-state index in [1.54, 1.807) is 0 Å². The second-order valence-corrected chi connectivity index (χ2v) is 6.02. The van der Waals surface area contributed by atoms with E-state index in [-0.39, 0.29) is 6.03 Å². The Morgan fingerprint density at radius 1 is 1.05 bits per heavy atom. The Morgan fingerprint density at radius 2 is 2.00 bits per heavy atom. The number of hydrogen-bond donors (Lipinski definition) is 2. The zero-order valence-corrected chi connectivity index (χ0v) is 11.7. The maximum absolute atomic E-state index is 11.6. The molecule has 0 radical (unpaired) electrons. The van der Waals surface area contributed by atoms with Crippen LogP contribution in [0.4, 0.5) is 4.79 Å². The van der Waals surface area contributed by atoms with Gasteiger partial charge in [-0.15, -0.1) is 0 Å². The van der Waals surface area contributed by atoms with Gasteiger partial charge in [0.1, 0.15) is 0 Å². The van der Waals surface area contributed by atoms with Crippen LogP contribution in [0.2, 0.25) is 0 Å². The van der Waals surface area contributed by atoms with E-state index in [2.05, 4.69) is 15.5 Å². The summed E-state index contributed by atoms with van der Waals surface area (Å²) in [4.78, 5) is 16.1. The second kappa shape index (κ2) is 6.09. The highest BCUT2D eigenvalue weighted by Crippen LogP contribution is 2.24. The van der Waals surface area contributed by atoms with E-state index in [1.165, 1.54) is 45.2 Å². The van der Waals surface area contributed by atoms with Crippen LogP contribution in [-0.2, 0) is 0 Å². The number of likely N-dealkylation sites (tertiary alicyclic amines) is 1. The maximum atomic E-state index is 11.6. The molecule has 0 aromatic rings. The van der Waals surface area contributed by atoms with Gasteiger partial charge in [-0.3, -0.25) is 4.90 Å². The monoisotopic (exact) mass is 266 g/mol. The third kappa shape index (κ3) is 3.03. The third-order valence-electron chi connectivity index (χ3n) is 4.83. The van der Waals surface area contributed by atoms with Crippen molar-refractivity contribution in [3.05, 3.63) is 0 Å². The van der Waals surface area contributed by atoms with Crippen molar-refractivity contribution in [1.29, 1.82) is 0 Å². The Labute approximate surface area is 115 Å². The summed E-state index contributed by atoms with van der Waals surface area (Å²) in [6.45, 7) is 6.00. The van der Waals surface area contributed by atoms with Gasteiger partial charge in [0.2, 0.25) is 0 Å². The van der Waals surface area contributed by atoms with E-state index in [0.29, 0.717) is 12.1 Å². The predicted octanol–water partition coefficient (Wildman–Crippen LogP) is 0.618. The zero-order valence-electron chi connectivity index (χ0n) is 11.7. The van der Waals surface area contributed by atoms with Crippen molar-refractivity contribution in [3.63, 3.8) is 0 Å². The van der Waals surface area contributed by atoms with Gasteiger partial charge < -0.3 is 15.5 Å². The normalized spacial score (nSPS) is 32.8. The highest BCUT2D eigenvalue weighted by atomic mass is 16.2. The molecule has 0 aromatic heterocycles. The Morgan fingerprint density at radius 3 is 2.74 bits per heavy atom. The molecule has 3 aliphatic heterocycles. The molecular weight excluding hydrogens is 240 g/mol. The van der Waals surface area contributed by atoms with Crippen LogP contribution in [0.3, 0.4) is 0 Å². The topological polar surface area (TPSA) is 47.6 Å². The van der Waals surface area contributed by atoms with Gasteiger partial charge in [-0.2, -0.15) is 0 Å². The van der Waals surface area contributed by atoms with E-state index in [9.17, 15) is 4.79 Å². The summed E-state index contributed by atoms with van der Waals surface area (Å²) in [5.41, 5.74) is 0. The smallest absolute Gasteiger partial charge is 0.317 e. The van der Waals surface area contributed by atoms with Gasteiger partial charge in [0, 0.05) is 38.3 Å². The fourth-order valence-corrected chi connectivity index (χ4v) is 3.76. The lowest BCUT2D eigenvalue weighted by Crippen LogP contribution is -2.52. The molecule has 2 amide bonds. The van der Waals surface area contributed by atoms with Crippen molar-refractivity contribution < 1.29 is 4.79 Å². The fraction of sp³-hybridized carbons (Fsp3) is 0.929. The van der Waals surface area contributed by atoms with Crippen molar-refractivity contribution in [2.24, 2.45) is 0 Å². The SMILES string of the molecule is O=C1NCCN1CCN1CCCCC1C1CCCN1. The summed E-state index contributed by atoms with van der Waals surface area (Å²) in [6, 6.07) is 1.50. The van der Waals surface area contributed by atoms with Crippen LogP contribution in [0, 0.1) is 0 Å². The summed E-state index contributed by atoms with van der Waals surface area (Å²) in [5.74, 6) is 0. The highest BCUT2D eigenvalue weighted by Gasteiger charge is 2.32. The first-order valence-electron chi connectivity index (χ1n) is 7.85. The molecule has 0 spiro atoms. The Balaban J connectivity index is 1.53. The van der Waals surface area contributed by atoms with Crippen LogP contribution >= 0.6 is 0 Å². The zero-order chi connectivity index (χ0) is 13.1. The molecule has 3 heterocycles. The molecular formula is C14H26N4O. The highest BCUT2D eigenvalue weighted by molar-refractivity contribution is 5.76. The molecule has 5 heteroatoms. The summed E-state index contributed by atoms with van der Waals surface area (Å²) in [7, 11) is 0. The number of rotatable bonds is 4. The molecule has 2 atom stereocenters. The van der Waals surface area contributed by atoms with Gasteiger partial charge in [0.25, 0.3) is 0 Å². The first-order chi connectivity index (χ1) is 9.34. The molecule has 3 rings (SSSR count). The van der Waals surface area contributed by atoms with E-state index >= 15 is 0 Å². The minimum Gasteiger partial charge on any atom is -0.336 e. The summed E-state index contributed by atoms with van der Waals surface area (Å²) in [5, 5.41) is 6.54. The molecule has 5 nitrogen and oxygen atoms in total. The van der Waals surface area contributed by atoms with Crippen LogP contribution in [0.1, 0.15) is 32.1 Å². The fourth-order valence-electron chi connectivity index (χ4n) is 3.76. The lowest BCUT2D eigenvalue weighted by Gasteiger charge is -2.39. The van der Waals surface area contributed by atoms with Crippen LogP contribution in [0.15, 0.2) is 0 Å². The van der Waals surface area contributed by atoms with Crippen molar-refractivity contribution in [2.75, 3.05) is 39.3 Å². The maximum Gasteiger partial charge on any atom is 0.317 e. The average molecular weight is 266 g/mol. The quantitative estimate of drug-likeness (QED) is 0.784. The van der Waals surface area contributed by atoms with Crippen molar-refractivity contribution in [2.45, 2.75) is 44.2 Å². The molecule has 19 heavy (non-hydrogen) atoms. The van der Waals surface area contributed by atoms with Gasteiger partial charge in [0.05, 0.1) is 0 Å². The summed E-state index contributed by atoms with van der Waals surface area (Å²) in [6.07, 6.45) is 6.65.